The Bertz CT molecular complexity index is 535. The maximum atomic E-state index is 5.85. The van der Waals surface area contributed by atoms with Crippen LogP contribution in [0.15, 0.2) is 48.7 Å². The van der Waals surface area contributed by atoms with Gasteiger partial charge in [0.2, 0.25) is 0 Å². The van der Waals surface area contributed by atoms with Gasteiger partial charge in [0.25, 0.3) is 0 Å². The molecule has 0 bridgehead atoms. The summed E-state index contributed by atoms with van der Waals surface area (Å²) in [6.45, 7) is 1.87. The van der Waals surface area contributed by atoms with Crippen LogP contribution < -0.4 is 5.73 Å². The number of nitrogens with two attached hydrogens (primary N) is 1. The number of nitrogens with zero attached hydrogens (tertiary/aromatic N) is 2. The summed E-state index contributed by atoms with van der Waals surface area (Å²) in [5, 5.41) is 0. The highest BCUT2D eigenvalue weighted by atomic mass is 15.2. The molecule has 1 aliphatic rings. The molecule has 3 heteroatoms. The Labute approximate surface area is 114 Å². The van der Waals surface area contributed by atoms with Gasteiger partial charge < -0.3 is 5.73 Å². The zero-order chi connectivity index (χ0) is 13.1. The molecule has 19 heavy (non-hydrogen) atoms. The van der Waals surface area contributed by atoms with E-state index in [0.29, 0.717) is 6.04 Å². The Balaban J connectivity index is 1.71. The van der Waals surface area contributed by atoms with Gasteiger partial charge in [-0.15, -0.1) is 0 Å². The molecule has 2 N–H and O–H groups in total. The third kappa shape index (κ3) is 3.32. The lowest BCUT2D eigenvalue weighted by Gasteiger charge is -2.21. The minimum atomic E-state index is 0.712. The first-order chi connectivity index (χ1) is 9.31. The van der Waals surface area contributed by atoms with Crippen molar-refractivity contribution >= 4 is 5.69 Å². The van der Waals surface area contributed by atoms with Crippen LogP contribution in [-0.4, -0.2) is 15.9 Å². The van der Waals surface area contributed by atoms with Crippen LogP contribution in [0.2, 0.25) is 0 Å². The summed E-state index contributed by atoms with van der Waals surface area (Å²) in [6.07, 6.45) is 4.46. The third-order valence-corrected chi connectivity index (χ3v) is 3.49. The third-order valence-electron chi connectivity index (χ3n) is 3.49. The van der Waals surface area contributed by atoms with E-state index in [1.807, 2.05) is 30.5 Å². The van der Waals surface area contributed by atoms with E-state index in [0.717, 1.165) is 24.5 Å². The standard InChI is InChI=1S/C16H19N3/c17-14-5-3-4-13(10-14)11-19(16-7-8-16)12-15-6-1-2-9-18-15/h1-6,9-10,16H,7-8,11-12,17H2. The molecule has 0 atom stereocenters. The molecule has 1 aromatic carbocycles. The smallest absolute Gasteiger partial charge is 0.0544 e. The molecule has 0 spiro atoms. The lowest BCUT2D eigenvalue weighted by molar-refractivity contribution is 0.243. The fourth-order valence-corrected chi connectivity index (χ4v) is 2.38. The van der Waals surface area contributed by atoms with E-state index < -0.39 is 0 Å². The Morgan fingerprint density at radius 1 is 1.11 bits per heavy atom. The summed E-state index contributed by atoms with van der Waals surface area (Å²) < 4.78 is 0. The van der Waals surface area contributed by atoms with Crippen LogP contribution in [-0.2, 0) is 13.1 Å². The Hall–Kier alpha value is -1.87. The summed E-state index contributed by atoms with van der Waals surface area (Å²) in [5.41, 5.74) is 9.10. The quantitative estimate of drug-likeness (QED) is 0.833. The number of hydrogen-bond acceptors (Lipinski definition) is 3. The molecule has 0 amide bonds. The highest BCUT2D eigenvalue weighted by Gasteiger charge is 2.29. The first-order valence-electron chi connectivity index (χ1n) is 6.79. The number of pyridine rings is 1. The van der Waals surface area contributed by atoms with Gasteiger partial charge in [-0.05, 0) is 42.7 Å². The van der Waals surface area contributed by atoms with Crippen molar-refractivity contribution in [1.29, 1.82) is 0 Å². The maximum Gasteiger partial charge on any atom is 0.0544 e. The number of benzene rings is 1. The Kier molecular flexibility index (Phi) is 3.47. The molecule has 2 aromatic rings. The zero-order valence-corrected chi connectivity index (χ0v) is 11.0. The summed E-state index contributed by atoms with van der Waals surface area (Å²) in [7, 11) is 0. The average molecular weight is 253 g/mol. The maximum absolute atomic E-state index is 5.85. The SMILES string of the molecule is Nc1cccc(CN(Cc2ccccn2)C2CC2)c1. The molecule has 1 aliphatic carbocycles. The van der Waals surface area contributed by atoms with Crippen molar-refractivity contribution in [1.82, 2.24) is 9.88 Å². The van der Waals surface area contributed by atoms with Crippen LogP contribution in [0.5, 0.6) is 0 Å². The molecule has 0 unspecified atom stereocenters. The predicted molar refractivity (Wildman–Crippen MR) is 77.4 cm³/mol. The number of rotatable bonds is 5. The molecule has 1 saturated carbocycles. The van der Waals surface area contributed by atoms with Gasteiger partial charge in [0, 0.05) is 31.0 Å². The minimum Gasteiger partial charge on any atom is -0.399 e. The second-order valence-corrected chi connectivity index (χ2v) is 5.20. The number of hydrogen-bond donors (Lipinski definition) is 1. The zero-order valence-electron chi connectivity index (χ0n) is 11.0. The van der Waals surface area contributed by atoms with E-state index in [1.54, 1.807) is 0 Å². The monoisotopic (exact) mass is 253 g/mol. The predicted octanol–water partition coefficient (Wildman–Crippen LogP) is 2.83. The van der Waals surface area contributed by atoms with Crippen molar-refractivity contribution in [2.75, 3.05) is 5.73 Å². The second kappa shape index (κ2) is 5.41. The molecule has 1 heterocycles. The van der Waals surface area contributed by atoms with Crippen molar-refractivity contribution in [2.45, 2.75) is 32.0 Å². The van der Waals surface area contributed by atoms with Crippen LogP contribution in [0, 0.1) is 0 Å². The van der Waals surface area contributed by atoms with E-state index in [9.17, 15) is 0 Å². The highest BCUT2D eigenvalue weighted by molar-refractivity contribution is 5.40. The molecule has 3 nitrogen and oxygen atoms in total. The van der Waals surface area contributed by atoms with E-state index >= 15 is 0 Å². The second-order valence-electron chi connectivity index (χ2n) is 5.20. The lowest BCUT2D eigenvalue weighted by Crippen LogP contribution is -2.25. The largest absolute Gasteiger partial charge is 0.399 e. The minimum absolute atomic E-state index is 0.712. The molecule has 0 saturated heterocycles. The van der Waals surface area contributed by atoms with Gasteiger partial charge in [-0.1, -0.05) is 18.2 Å². The lowest BCUT2D eigenvalue weighted by atomic mass is 10.2. The van der Waals surface area contributed by atoms with Gasteiger partial charge in [0.1, 0.15) is 0 Å². The molecule has 98 valence electrons. The fraction of sp³-hybridized carbons (Fsp3) is 0.312. The fourth-order valence-electron chi connectivity index (χ4n) is 2.38. The van der Waals surface area contributed by atoms with Gasteiger partial charge in [-0.3, -0.25) is 9.88 Å². The van der Waals surface area contributed by atoms with Gasteiger partial charge >= 0.3 is 0 Å². The summed E-state index contributed by atoms with van der Waals surface area (Å²) >= 11 is 0. The Morgan fingerprint density at radius 3 is 2.68 bits per heavy atom. The van der Waals surface area contributed by atoms with E-state index in [2.05, 4.69) is 28.1 Å². The van der Waals surface area contributed by atoms with Gasteiger partial charge in [-0.2, -0.15) is 0 Å². The topological polar surface area (TPSA) is 42.1 Å². The van der Waals surface area contributed by atoms with E-state index in [1.165, 1.54) is 18.4 Å². The van der Waals surface area contributed by atoms with Crippen LogP contribution in [0.1, 0.15) is 24.1 Å². The molecular formula is C16H19N3. The van der Waals surface area contributed by atoms with Crippen molar-refractivity contribution in [3.05, 3.63) is 59.9 Å². The first-order valence-corrected chi connectivity index (χ1v) is 6.79. The van der Waals surface area contributed by atoms with Crippen LogP contribution in [0.3, 0.4) is 0 Å². The summed E-state index contributed by atoms with van der Waals surface area (Å²) in [6, 6.07) is 15.0. The summed E-state index contributed by atoms with van der Waals surface area (Å²) in [4.78, 5) is 6.92. The van der Waals surface area contributed by atoms with E-state index in [4.69, 9.17) is 5.73 Å². The number of nitrogen functional groups attached to an aromatic ring is 1. The normalized spacial score (nSPS) is 14.8. The summed E-state index contributed by atoms with van der Waals surface area (Å²) in [5.74, 6) is 0. The van der Waals surface area contributed by atoms with Crippen LogP contribution in [0.4, 0.5) is 5.69 Å². The van der Waals surface area contributed by atoms with Crippen molar-refractivity contribution in [3.8, 4) is 0 Å². The molecule has 1 fully saturated rings. The van der Waals surface area contributed by atoms with E-state index in [-0.39, 0.29) is 0 Å². The molecule has 0 aliphatic heterocycles. The van der Waals surface area contributed by atoms with Gasteiger partial charge in [-0.25, -0.2) is 0 Å². The van der Waals surface area contributed by atoms with Crippen molar-refractivity contribution in [2.24, 2.45) is 0 Å². The number of aromatic nitrogens is 1. The number of anilines is 1. The molecule has 3 rings (SSSR count). The molecule has 1 aromatic heterocycles. The first kappa shape index (κ1) is 12.2. The molecule has 0 radical (unpaired) electrons. The van der Waals surface area contributed by atoms with Crippen LogP contribution in [0.25, 0.3) is 0 Å². The van der Waals surface area contributed by atoms with Crippen molar-refractivity contribution in [3.63, 3.8) is 0 Å². The van der Waals surface area contributed by atoms with Gasteiger partial charge in [0.15, 0.2) is 0 Å². The molecular weight excluding hydrogens is 234 g/mol. The van der Waals surface area contributed by atoms with Gasteiger partial charge in [0.05, 0.1) is 5.69 Å². The van der Waals surface area contributed by atoms with Crippen LogP contribution >= 0.6 is 0 Å². The highest BCUT2D eigenvalue weighted by Crippen LogP contribution is 2.29. The Morgan fingerprint density at radius 2 is 2.00 bits per heavy atom. The van der Waals surface area contributed by atoms with Crippen molar-refractivity contribution < 1.29 is 0 Å². The average Bonchev–Trinajstić information content (AvgIpc) is 3.23.